The fourth-order valence-corrected chi connectivity index (χ4v) is 5.48. The van der Waals surface area contributed by atoms with Crippen LogP contribution in [0.4, 0.5) is 0 Å². The standard InChI is InChI=1S/C33H20N4/c1-2-10-21(11-3-1)30-31(35-28-15-7-6-14-27(28)34-30)22-17-18-25-26(20-22)23-12-4-5-13-24(23)32-33(25)37-19-9-8-16-29(37)36-32/h1-20H. The normalized spacial score (nSPS) is 11.8. The summed E-state index contributed by atoms with van der Waals surface area (Å²) in [5.74, 6) is 0. The zero-order chi connectivity index (χ0) is 24.3. The summed E-state index contributed by atoms with van der Waals surface area (Å²) < 4.78 is 2.19. The van der Waals surface area contributed by atoms with Gasteiger partial charge in [0, 0.05) is 28.1 Å². The number of rotatable bonds is 2. The molecule has 0 saturated carbocycles. The summed E-state index contributed by atoms with van der Waals surface area (Å²) in [6, 6.07) is 39.7. The Labute approximate surface area is 212 Å². The van der Waals surface area contributed by atoms with Crippen LogP contribution < -0.4 is 0 Å². The molecule has 4 nitrogen and oxygen atoms in total. The lowest BCUT2D eigenvalue weighted by molar-refractivity contribution is 1.23. The molecule has 0 saturated heterocycles. The number of benzene rings is 5. The molecule has 0 unspecified atom stereocenters. The first-order valence-electron chi connectivity index (χ1n) is 12.4. The van der Waals surface area contributed by atoms with E-state index in [1.807, 2.05) is 48.5 Å². The molecule has 0 aliphatic rings. The number of imidazole rings is 1. The van der Waals surface area contributed by atoms with Gasteiger partial charge < -0.3 is 0 Å². The number of hydrogen-bond acceptors (Lipinski definition) is 3. The zero-order valence-corrected chi connectivity index (χ0v) is 19.8. The fourth-order valence-electron chi connectivity index (χ4n) is 5.48. The van der Waals surface area contributed by atoms with Crippen LogP contribution in [0.15, 0.2) is 121 Å². The van der Waals surface area contributed by atoms with E-state index in [1.54, 1.807) is 0 Å². The van der Waals surface area contributed by atoms with Crippen molar-refractivity contribution in [2.75, 3.05) is 0 Å². The van der Waals surface area contributed by atoms with Gasteiger partial charge in [-0.15, -0.1) is 0 Å². The maximum atomic E-state index is 5.13. The van der Waals surface area contributed by atoms with E-state index in [2.05, 4.69) is 77.3 Å². The third-order valence-electron chi connectivity index (χ3n) is 7.17. The number of fused-ring (bicyclic) bond motifs is 9. The van der Waals surface area contributed by atoms with E-state index >= 15 is 0 Å². The van der Waals surface area contributed by atoms with Crippen molar-refractivity contribution in [3.05, 3.63) is 121 Å². The van der Waals surface area contributed by atoms with E-state index in [0.717, 1.165) is 55.6 Å². The predicted octanol–water partition coefficient (Wildman–Crippen LogP) is 8.07. The lowest BCUT2D eigenvalue weighted by Gasteiger charge is -2.13. The topological polar surface area (TPSA) is 43.1 Å². The van der Waals surface area contributed by atoms with Crippen molar-refractivity contribution in [1.29, 1.82) is 0 Å². The van der Waals surface area contributed by atoms with Crippen LogP contribution in [0.25, 0.3) is 71.8 Å². The van der Waals surface area contributed by atoms with Gasteiger partial charge in [0.25, 0.3) is 0 Å². The maximum absolute atomic E-state index is 5.13. The Kier molecular flexibility index (Phi) is 4.19. The molecule has 4 heteroatoms. The minimum Gasteiger partial charge on any atom is -0.299 e. The summed E-state index contributed by atoms with van der Waals surface area (Å²) in [6.07, 6.45) is 2.09. The Balaban J connectivity index is 1.50. The van der Waals surface area contributed by atoms with Crippen molar-refractivity contribution in [3.8, 4) is 22.5 Å². The number of nitrogens with zero attached hydrogens (tertiary/aromatic N) is 4. The van der Waals surface area contributed by atoms with Crippen molar-refractivity contribution in [2.45, 2.75) is 0 Å². The molecular formula is C33H20N4. The molecule has 8 rings (SSSR count). The molecule has 0 bridgehead atoms. The average Bonchev–Trinajstić information content (AvgIpc) is 3.37. The average molecular weight is 473 g/mol. The van der Waals surface area contributed by atoms with Crippen LogP contribution in [0.1, 0.15) is 0 Å². The van der Waals surface area contributed by atoms with Gasteiger partial charge in [0.1, 0.15) is 5.65 Å². The van der Waals surface area contributed by atoms with Gasteiger partial charge in [0.2, 0.25) is 0 Å². The van der Waals surface area contributed by atoms with Crippen LogP contribution >= 0.6 is 0 Å². The molecule has 0 aliphatic carbocycles. The van der Waals surface area contributed by atoms with Crippen LogP contribution in [-0.4, -0.2) is 19.4 Å². The SMILES string of the molecule is c1ccc(-c2nc3ccccc3nc2-c2ccc3c(c2)c2ccccc2c2nc4ccccn4c32)cc1. The molecule has 0 radical (unpaired) electrons. The van der Waals surface area contributed by atoms with Crippen LogP contribution in [0, 0.1) is 0 Å². The second-order valence-electron chi connectivity index (χ2n) is 9.32. The number of pyridine rings is 1. The maximum Gasteiger partial charge on any atom is 0.137 e. The third-order valence-corrected chi connectivity index (χ3v) is 7.17. The Bertz CT molecular complexity index is 2140. The Morgan fingerprint density at radius 3 is 1.95 bits per heavy atom. The molecule has 172 valence electrons. The molecule has 0 N–H and O–H groups in total. The summed E-state index contributed by atoms with van der Waals surface area (Å²) in [4.78, 5) is 15.2. The Hall–Kier alpha value is -5.09. The van der Waals surface area contributed by atoms with Crippen molar-refractivity contribution in [2.24, 2.45) is 0 Å². The van der Waals surface area contributed by atoms with Crippen molar-refractivity contribution in [1.82, 2.24) is 19.4 Å². The molecule has 8 aromatic rings. The van der Waals surface area contributed by atoms with Crippen LogP contribution in [0.2, 0.25) is 0 Å². The third kappa shape index (κ3) is 2.99. The van der Waals surface area contributed by atoms with Gasteiger partial charge in [-0.25, -0.2) is 15.0 Å². The summed E-state index contributed by atoms with van der Waals surface area (Å²) in [7, 11) is 0. The van der Waals surface area contributed by atoms with Crippen LogP contribution in [-0.2, 0) is 0 Å². The van der Waals surface area contributed by atoms with Gasteiger partial charge in [-0.1, -0.05) is 84.9 Å². The quantitative estimate of drug-likeness (QED) is 0.239. The number of para-hydroxylation sites is 2. The smallest absolute Gasteiger partial charge is 0.137 e. The molecule has 0 fully saturated rings. The van der Waals surface area contributed by atoms with Crippen LogP contribution in [0.3, 0.4) is 0 Å². The monoisotopic (exact) mass is 472 g/mol. The predicted molar refractivity (Wildman–Crippen MR) is 152 cm³/mol. The second kappa shape index (κ2) is 7.70. The lowest BCUT2D eigenvalue weighted by atomic mass is 9.96. The molecule has 3 heterocycles. The van der Waals surface area contributed by atoms with Crippen molar-refractivity contribution < 1.29 is 0 Å². The van der Waals surface area contributed by atoms with Gasteiger partial charge in [-0.05, 0) is 41.1 Å². The minimum absolute atomic E-state index is 0.883. The largest absolute Gasteiger partial charge is 0.299 e. The highest BCUT2D eigenvalue weighted by atomic mass is 15.0. The van der Waals surface area contributed by atoms with Gasteiger partial charge in [0.05, 0.1) is 33.5 Å². The highest BCUT2D eigenvalue weighted by molar-refractivity contribution is 6.24. The summed E-state index contributed by atoms with van der Waals surface area (Å²) in [5.41, 5.74) is 8.75. The first kappa shape index (κ1) is 20.1. The molecule has 0 aliphatic heterocycles. The highest BCUT2D eigenvalue weighted by Crippen LogP contribution is 2.39. The number of aromatic nitrogens is 4. The molecule has 3 aromatic heterocycles. The van der Waals surface area contributed by atoms with Crippen molar-refractivity contribution in [3.63, 3.8) is 0 Å². The highest BCUT2D eigenvalue weighted by Gasteiger charge is 2.17. The molecule has 0 spiro atoms. The van der Waals surface area contributed by atoms with Gasteiger partial charge in [-0.3, -0.25) is 4.40 Å². The molecule has 37 heavy (non-hydrogen) atoms. The van der Waals surface area contributed by atoms with E-state index in [-0.39, 0.29) is 0 Å². The molecular weight excluding hydrogens is 452 g/mol. The number of hydrogen-bond donors (Lipinski definition) is 0. The van der Waals surface area contributed by atoms with Gasteiger partial charge >= 0.3 is 0 Å². The Morgan fingerprint density at radius 2 is 1.14 bits per heavy atom. The zero-order valence-electron chi connectivity index (χ0n) is 19.8. The Morgan fingerprint density at radius 1 is 0.459 bits per heavy atom. The van der Waals surface area contributed by atoms with E-state index in [1.165, 1.54) is 16.2 Å². The van der Waals surface area contributed by atoms with E-state index in [0.29, 0.717) is 0 Å². The second-order valence-corrected chi connectivity index (χ2v) is 9.32. The first-order valence-corrected chi connectivity index (χ1v) is 12.4. The van der Waals surface area contributed by atoms with E-state index in [4.69, 9.17) is 15.0 Å². The molecule has 0 atom stereocenters. The van der Waals surface area contributed by atoms with Crippen LogP contribution in [0.5, 0.6) is 0 Å². The van der Waals surface area contributed by atoms with Gasteiger partial charge in [-0.2, -0.15) is 0 Å². The lowest BCUT2D eigenvalue weighted by Crippen LogP contribution is -1.95. The van der Waals surface area contributed by atoms with E-state index < -0.39 is 0 Å². The van der Waals surface area contributed by atoms with Gasteiger partial charge in [0.15, 0.2) is 0 Å². The summed E-state index contributed by atoms with van der Waals surface area (Å²) in [5, 5.41) is 4.69. The molecule has 5 aromatic carbocycles. The first-order chi connectivity index (χ1) is 18.3. The summed E-state index contributed by atoms with van der Waals surface area (Å²) >= 11 is 0. The molecule has 0 amide bonds. The van der Waals surface area contributed by atoms with E-state index in [9.17, 15) is 0 Å². The van der Waals surface area contributed by atoms with Crippen molar-refractivity contribution >= 4 is 49.3 Å². The fraction of sp³-hybridized carbons (Fsp3) is 0. The summed E-state index contributed by atoms with van der Waals surface area (Å²) in [6.45, 7) is 0. The minimum atomic E-state index is 0.883.